The molecule has 0 atom stereocenters. The Kier molecular flexibility index (Phi) is 8.42. The third-order valence-electron chi connectivity index (χ3n) is 10.5. The summed E-state index contributed by atoms with van der Waals surface area (Å²) in [5, 5.41) is 4.36. The predicted molar refractivity (Wildman–Crippen MR) is 235 cm³/mol. The molecule has 3 heterocycles. The summed E-state index contributed by atoms with van der Waals surface area (Å²) in [5.74, 6) is 1.67. The molecule has 0 aliphatic rings. The number of aromatic nitrogens is 4. The molecule has 0 amide bonds. The molecule has 0 saturated heterocycles. The lowest BCUT2D eigenvalue weighted by Crippen LogP contribution is -2.03. The maximum absolute atomic E-state index is 6.91. The van der Waals surface area contributed by atoms with Crippen LogP contribution < -0.4 is 0 Å². The van der Waals surface area contributed by atoms with Crippen molar-refractivity contribution in [2.45, 2.75) is 6.92 Å². The van der Waals surface area contributed by atoms with Crippen LogP contribution in [0.2, 0.25) is 0 Å². The lowest BCUT2D eigenvalue weighted by atomic mass is 10.0. The summed E-state index contributed by atoms with van der Waals surface area (Å²) in [6, 6.07) is 59.7. The third-order valence-corrected chi connectivity index (χ3v) is 10.5. The van der Waals surface area contributed by atoms with Crippen LogP contribution in [0.15, 0.2) is 192 Å². The van der Waals surface area contributed by atoms with Crippen LogP contribution in [0.3, 0.4) is 0 Å². The van der Waals surface area contributed by atoms with E-state index in [1.807, 2.05) is 110 Å². The van der Waals surface area contributed by atoms with E-state index in [0.717, 1.165) is 82.8 Å². The second-order valence-electron chi connectivity index (χ2n) is 14.0. The van der Waals surface area contributed by atoms with Crippen molar-refractivity contribution in [1.29, 1.82) is 0 Å². The van der Waals surface area contributed by atoms with Crippen LogP contribution in [0.1, 0.15) is 23.9 Å². The molecule has 0 unspecified atom stereocenters. The van der Waals surface area contributed by atoms with E-state index in [2.05, 4.69) is 90.0 Å². The number of hydrogen-bond acceptors (Lipinski definition) is 5. The highest BCUT2D eigenvalue weighted by molar-refractivity contribution is 6.28. The van der Waals surface area contributed by atoms with E-state index < -0.39 is 0 Å². The molecule has 0 radical (unpaired) electrons. The van der Waals surface area contributed by atoms with Crippen molar-refractivity contribution in [3.8, 4) is 28.5 Å². The monoisotopic (exact) mass is 733 g/mol. The molecule has 7 aromatic carbocycles. The van der Waals surface area contributed by atoms with Gasteiger partial charge in [0.15, 0.2) is 17.5 Å². The summed E-state index contributed by atoms with van der Waals surface area (Å²) in [5.41, 5.74) is 10.7. The molecule has 6 heteroatoms. The van der Waals surface area contributed by atoms with E-state index in [4.69, 9.17) is 24.4 Å². The van der Waals surface area contributed by atoms with Gasteiger partial charge in [-0.05, 0) is 54.5 Å². The summed E-state index contributed by atoms with van der Waals surface area (Å²) in [7, 11) is 0. The number of benzene rings is 7. The molecule has 3 aromatic heterocycles. The molecule has 0 saturated carbocycles. The number of para-hydroxylation sites is 3. The largest absolute Gasteiger partial charge is 0.455 e. The molecule has 0 fully saturated rings. The van der Waals surface area contributed by atoms with E-state index in [1.165, 1.54) is 0 Å². The number of nitrogens with zero attached hydrogens (tertiary/aromatic N) is 5. The first-order chi connectivity index (χ1) is 28.1. The second kappa shape index (κ2) is 14.2. The fraction of sp³-hybridized carbons (Fsp3) is 0.0196. The van der Waals surface area contributed by atoms with Crippen LogP contribution in [-0.2, 0) is 0 Å². The molecule has 270 valence electrons. The van der Waals surface area contributed by atoms with Gasteiger partial charge in [-0.2, -0.15) is 0 Å². The molecule has 0 aliphatic carbocycles. The van der Waals surface area contributed by atoms with Crippen molar-refractivity contribution in [2.75, 3.05) is 0 Å². The fourth-order valence-electron chi connectivity index (χ4n) is 7.71. The van der Waals surface area contributed by atoms with Crippen LogP contribution in [0.25, 0.3) is 89.1 Å². The van der Waals surface area contributed by atoms with Gasteiger partial charge in [-0.15, -0.1) is 0 Å². The third kappa shape index (κ3) is 6.01. The van der Waals surface area contributed by atoms with Gasteiger partial charge in [-0.25, -0.2) is 15.0 Å². The van der Waals surface area contributed by atoms with Gasteiger partial charge in [-0.1, -0.05) is 146 Å². The zero-order valence-electron chi connectivity index (χ0n) is 31.2. The van der Waals surface area contributed by atoms with Gasteiger partial charge in [0.2, 0.25) is 0 Å². The van der Waals surface area contributed by atoms with Crippen molar-refractivity contribution in [3.63, 3.8) is 0 Å². The first kappa shape index (κ1) is 33.8. The van der Waals surface area contributed by atoms with Gasteiger partial charge in [0.25, 0.3) is 0 Å². The van der Waals surface area contributed by atoms with Crippen molar-refractivity contribution < 1.29 is 4.42 Å². The summed E-state index contributed by atoms with van der Waals surface area (Å²) in [6.07, 6.45) is 1.82. The Labute approximate surface area is 329 Å². The Bertz CT molecular complexity index is 3120. The summed E-state index contributed by atoms with van der Waals surface area (Å²) < 4.78 is 9.24. The average molecular weight is 734 g/mol. The lowest BCUT2D eigenvalue weighted by molar-refractivity contribution is 0.668. The Balaban J connectivity index is 1.24. The standard InChI is InChI=1S/C51H35N5O/c1-33(35-18-7-3-8-19-35)32-52-47(34(2)49-53-50(36-20-9-4-10-21-36)55-51(54-49)37-22-11-5-12-23-37)41-28-17-27-40-46-44(57-48(40)41)31-30-43-45(46)39-26-15-16-29-42(39)56(43)38-24-13-6-14-25-38/h3-32H,1H2,2H3/b47-34+,52-32?. The highest BCUT2D eigenvalue weighted by Crippen LogP contribution is 2.43. The minimum absolute atomic E-state index is 0.515. The van der Waals surface area contributed by atoms with E-state index in [9.17, 15) is 0 Å². The van der Waals surface area contributed by atoms with Gasteiger partial charge >= 0.3 is 0 Å². The number of hydrogen-bond donors (Lipinski definition) is 0. The number of aliphatic imine (C=N–C) groups is 1. The molecular weight excluding hydrogens is 699 g/mol. The molecule has 0 aliphatic heterocycles. The van der Waals surface area contributed by atoms with Crippen LogP contribution in [0.4, 0.5) is 0 Å². The van der Waals surface area contributed by atoms with E-state index in [-0.39, 0.29) is 0 Å². The quantitative estimate of drug-likeness (QED) is 0.146. The van der Waals surface area contributed by atoms with Gasteiger partial charge in [0.05, 0.1) is 16.7 Å². The zero-order valence-corrected chi connectivity index (χ0v) is 31.2. The molecule has 6 nitrogen and oxygen atoms in total. The molecule has 57 heavy (non-hydrogen) atoms. The van der Waals surface area contributed by atoms with E-state index in [1.54, 1.807) is 0 Å². The number of rotatable bonds is 8. The summed E-state index contributed by atoms with van der Waals surface area (Å²) in [4.78, 5) is 20.3. The fourth-order valence-corrected chi connectivity index (χ4v) is 7.71. The van der Waals surface area contributed by atoms with Crippen molar-refractivity contribution in [2.24, 2.45) is 4.99 Å². The number of allylic oxidation sites excluding steroid dienone is 2. The maximum Gasteiger partial charge on any atom is 0.164 e. The minimum atomic E-state index is 0.515. The summed E-state index contributed by atoms with van der Waals surface area (Å²) >= 11 is 0. The minimum Gasteiger partial charge on any atom is -0.455 e. The number of fused-ring (bicyclic) bond motifs is 7. The zero-order chi connectivity index (χ0) is 38.3. The Morgan fingerprint density at radius 3 is 1.86 bits per heavy atom. The molecule has 0 N–H and O–H groups in total. The van der Waals surface area contributed by atoms with Crippen molar-refractivity contribution in [3.05, 3.63) is 199 Å². The lowest BCUT2D eigenvalue weighted by Gasteiger charge is -2.12. The number of furan rings is 1. The molecule has 10 rings (SSSR count). The SMILES string of the molecule is C=C(C=N/C(=C(\C)c1nc(-c2ccccc2)nc(-c2ccccc2)n1)c1cccc2c1oc1ccc3c(c4ccccc4n3-c3ccccc3)c12)c1ccccc1. The molecule has 0 spiro atoms. The maximum atomic E-state index is 6.91. The smallest absolute Gasteiger partial charge is 0.164 e. The molecule has 0 bridgehead atoms. The predicted octanol–water partition coefficient (Wildman–Crippen LogP) is 12.9. The Hall–Kier alpha value is -7.70. The highest BCUT2D eigenvalue weighted by Gasteiger charge is 2.22. The average Bonchev–Trinajstić information content (AvgIpc) is 3.83. The first-order valence-corrected chi connectivity index (χ1v) is 18.9. The highest BCUT2D eigenvalue weighted by atomic mass is 16.3. The van der Waals surface area contributed by atoms with Crippen LogP contribution in [0.5, 0.6) is 0 Å². The van der Waals surface area contributed by atoms with E-state index in [0.29, 0.717) is 23.2 Å². The van der Waals surface area contributed by atoms with Gasteiger partial charge in [0.1, 0.15) is 11.2 Å². The van der Waals surface area contributed by atoms with Gasteiger partial charge < -0.3 is 8.98 Å². The summed E-state index contributed by atoms with van der Waals surface area (Å²) in [6.45, 7) is 6.40. The van der Waals surface area contributed by atoms with Gasteiger partial charge in [0, 0.05) is 55.7 Å². The molecular formula is C51H35N5O. The van der Waals surface area contributed by atoms with E-state index >= 15 is 0 Å². The first-order valence-electron chi connectivity index (χ1n) is 18.9. The Morgan fingerprint density at radius 2 is 1.18 bits per heavy atom. The van der Waals surface area contributed by atoms with Crippen LogP contribution in [0, 0.1) is 0 Å². The van der Waals surface area contributed by atoms with Crippen LogP contribution >= 0.6 is 0 Å². The second-order valence-corrected chi connectivity index (χ2v) is 14.0. The molecule has 10 aromatic rings. The normalized spacial score (nSPS) is 12.2. The van der Waals surface area contributed by atoms with Crippen molar-refractivity contribution >= 4 is 66.8 Å². The topological polar surface area (TPSA) is 69.1 Å². The van der Waals surface area contributed by atoms with Gasteiger partial charge in [-0.3, -0.25) is 4.99 Å². The van der Waals surface area contributed by atoms with Crippen LogP contribution in [-0.4, -0.2) is 25.7 Å². The van der Waals surface area contributed by atoms with Crippen molar-refractivity contribution in [1.82, 2.24) is 19.5 Å². The Morgan fingerprint density at radius 1 is 0.579 bits per heavy atom.